The average molecular weight is 151 g/mol. The molecule has 2 heterocycles. The van der Waals surface area contributed by atoms with Gasteiger partial charge in [0.2, 0.25) is 0 Å². The molecular weight excluding hydrogens is 146 g/mol. The molecule has 2 nitrogen and oxygen atoms in total. The standard InChI is InChI=1S/C7H5NOS/c9-7-6-4-10-3-5(6)1-2-8-7/h1-2,4H,3H2. The fourth-order valence-electron chi connectivity index (χ4n) is 0.958. The van der Waals surface area contributed by atoms with E-state index >= 15 is 0 Å². The SMILES string of the molecule is O=C1N=CC=C2CSC=C12. The van der Waals surface area contributed by atoms with Crippen LogP contribution in [-0.4, -0.2) is 17.9 Å². The van der Waals surface area contributed by atoms with E-state index in [0.29, 0.717) is 0 Å². The molecule has 10 heavy (non-hydrogen) atoms. The first-order valence-electron chi connectivity index (χ1n) is 2.97. The van der Waals surface area contributed by atoms with Gasteiger partial charge in [-0.1, -0.05) is 0 Å². The summed E-state index contributed by atoms with van der Waals surface area (Å²) < 4.78 is 0. The molecule has 0 N–H and O–H groups in total. The smallest absolute Gasteiger partial charge is 0.267 e. The van der Waals surface area contributed by atoms with Gasteiger partial charge < -0.3 is 0 Å². The number of fused-ring (bicyclic) bond motifs is 1. The largest absolute Gasteiger partial charge is 0.277 e. The van der Waals surface area contributed by atoms with Gasteiger partial charge in [-0.3, -0.25) is 4.79 Å². The van der Waals surface area contributed by atoms with Crippen LogP contribution >= 0.6 is 11.8 Å². The van der Waals surface area contributed by atoms with Crippen molar-refractivity contribution in [3.63, 3.8) is 0 Å². The molecule has 0 aromatic carbocycles. The van der Waals surface area contributed by atoms with Crippen LogP contribution in [0.2, 0.25) is 0 Å². The Morgan fingerprint density at radius 1 is 1.60 bits per heavy atom. The van der Waals surface area contributed by atoms with Crippen molar-refractivity contribution in [1.82, 2.24) is 0 Å². The second-order valence-corrected chi connectivity index (χ2v) is 2.98. The van der Waals surface area contributed by atoms with Crippen molar-refractivity contribution >= 4 is 23.9 Å². The van der Waals surface area contributed by atoms with Crippen LogP contribution in [0.15, 0.2) is 27.6 Å². The Bertz CT molecular complexity index is 275. The molecule has 0 saturated carbocycles. The van der Waals surface area contributed by atoms with Crippen LogP contribution in [0.4, 0.5) is 0 Å². The van der Waals surface area contributed by atoms with Crippen LogP contribution in [0.25, 0.3) is 0 Å². The molecule has 0 bridgehead atoms. The third kappa shape index (κ3) is 0.743. The third-order valence-corrected chi connectivity index (χ3v) is 2.36. The van der Waals surface area contributed by atoms with Crippen LogP contribution in [-0.2, 0) is 4.79 Å². The highest BCUT2D eigenvalue weighted by Crippen LogP contribution is 2.29. The van der Waals surface area contributed by atoms with E-state index in [9.17, 15) is 4.79 Å². The molecule has 3 heteroatoms. The Balaban J connectivity index is 2.48. The molecule has 2 rings (SSSR count). The number of amides is 1. The van der Waals surface area contributed by atoms with Crippen molar-refractivity contribution < 1.29 is 4.79 Å². The molecule has 0 saturated heterocycles. The fraction of sp³-hybridized carbons (Fsp3) is 0.143. The quantitative estimate of drug-likeness (QED) is 0.519. The van der Waals surface area contributed by atoms with Crippen LogP contribution in [0.5, 0.6) is 0 Å². The van der Waals surface area contributed by atoms with Gasteiger partial charge in [-0.05, 0) is 17.1 Å². The molecule has 0 aromatic rings. The Labute approximate surface area is 62.7 Å². The lowest BCUT2D eigenvalue weighted by Gasteiger charge is -2.01. The second-order valence-electron chi connectivity index (χ2n) is 2.12. The number of carbonyl (C=O) groups is 1. The highest BCUT2D eigenvalue weighted by molar-refractivity contribution is 8.02. The second kappa shape index (κ2) is 2.09. The van der Waals surface area contributed by atoms with Crippen molar-refractivity contribution in [2.45, 2.75) is 0 Å². The van der Waals surface area contributed by atoms with E-state index in [0.717, 1.165) is 16.9 Å². The molecule has 2 aliphatic rings. The zero-order valence-electron chi connectivity index (χ0n) is 5.20. The number of thioether (sulfide) groups is 1. The van der Waals surface area contributed by atoms with E-state index in [1.165, 1.54) is 0 Å². The Morgan fingerprint density at radius 3 is 3.30 bits per heavy atom. The summed E-state index contributed by atoms with van der Waals surface area (Å²) in [5.41, 5.74) is 1.90. The summed E-state index contributed by atoms with van der Waals surface area (Å²) in [6.45, 7) is 0. The van der Waals surface area contributed by atoms with Gasteiger partial charge in [0.25, 0.3) is 5.91 Å². The van der Waals surface area contributed by atoms with Gasteiger partial charge in [-0.2, -0.15) is 0 Å². The van der Waals surface area contributed by atoms with Crippen molar-refractivity contribution in [2.24, 2.45) is 4.99 Å². The number of nitrogens with zero attached hydrogens (tertiary/aromatic N) is 1. The highest BCUT2D eigenvalue weighted by atomic mass is 32.2. The first kappa shape index (κ1) is 5.92. The highest BCUT2D eigenvalue weighted by Gasteiger charge is 2.19. The van der Waals surface area contributed by atoms with Gasteiger partial charge >= 0.3 is 0 Å². The zero-order valence-corrected chi connectivity index (χ0v) is 6.02. The summed E-state index contributed by atoms with van der Waals surface area (Å²) in [6, 6.07) is 0. The zero-order chi connectivity index (χ0) is 6.97. The van der Waals surface area contributed by atoms with Gasteiger partial charge in [-0.25, -0.2) is 4.99 Å². The monoisotopic (exact) mass is 151 g/mol. The number of hydrogen-bond donors (Lipinski definition) is 0. The van der Waals surface area contributed by atoms with Gasteiger partial charge in [0.1, 0.15) is 0 Å². The van der Waals surface area contributed by atoms with Gasteiger partial charge in [0, 0.05) is 12.0 Å². The Morgan fingerprint density at radius 2 is 2.50 bits per heavy atom. The van der Waals surface area contributed by atoms with Crippen LogP contribution < -0.4 is 0 Å². The number of carbonyl (C=O) groups excluding carboxylic acids is 1. The summed E-state index contributed by atoms with van der Waals surface area (Å²) in [4.78, 5) is 14.6. The fourth-order valence-corrected chi connectivity index (χ4v) is 1.89. The van der Waals surface area contributed by atoms with Crippen molar-refractivity contribution in [2.75, 3.05) is 5.75 Å². The predicted octanol–water partition coefficient (Wildman–Crippen LogP) is 1.15. The molecule has 2 aliphatic heterocycles. The maximum absolute atomic E-state index is 11.0. The van der Waals surface area contributed by atoms with Gasteiger partial charge in [0.15, 0.2) is 0 Å². The predicted molar refractivity (Wildman–Crippen MR) is 42.1 cm³/mol. The molecule has 0 fully saturated rings. The van der Waals surface area contributed by atoms with Crippen LogP contribution in [0.3, 0.4) is 0 Å². The summed E-state index contributed by atoms with van der Waals surface area (Å²) in [6.07, 6.45) is 3.47. The molecular formula is C7H5NOS. The van der Waals surface area contributed by atoms with Crippen LogP contribution in [0, 0.1) is 0 Å². The molecule has 0 spiro atoms. The summed E-state index contributed by atoms with van der Waals surface area (Å²) >= 11 is 1.65. The number of hydrogen-bond acceptors (Lipinski definition) is 2. The lowest BCUT2D eigenvalue weighted by molar-refractivity contribution is -0.114. The topological polar surface area (TPSA) is 29.4 Å². The molecule has 0 aliphatic carbocycles. The minimum absolute atomic E-state index is 0.0949. The molecule has 0 atom stereocenters. The van der Waals surface area contributed by atoms with E-state index in [-0.39, 0.29) is 5.91 Å². The number of dihydropyridines is 1. The number of allylic oxidation sites excluding steroid dienone is 1. The summed E-state index contributed by atoms with van der Waals surface area (Å²) in [5, 5.41) is 1.88. The normalized spacial score (nSPS) is 22.2. The first-order chi connectivity index (χ1) is 4.88. The average Bonchev–Trinajstić information content (AvgIpc) is 2.36. The minimum Gasteiger partial charge on any atom is -0.267 e. The van der Waals surface area contributed by atoms with Crippen molar-refractivity contribution in [3.05, 3.63) is 22.6 Å². The number of rotatable bonds is 0. The Kier molecular flexibility index (Phi) is 1.24. The van der Waals surface area contributed by atoms with Gasteiger partial charge in [-0.15, -0.1) is 11.8 Å². The van der Waals surface area contributed by atoms with Crippen molar-refractivity contribution in [1.29, 1.82) is 0 Å². The maximum atomic E-state index is 11.0. The van der Waals surface area contributed by atoms with Crippen LogP contribution in [0.1, 0.15) is 0 Å². The van der Waals surface area contributed by atoms with E-state index < -0.39 is 0 Å². The molecule has 0 aromatic heterocycles. The van der Waals surface area contributed by atoms with E-state index in [1.54, 1.807) is 18.0 Å². The molecule has 0 radical (unpaired) electrons. The van der Waals surface area contributed by atoms with E-state index in [1.807, 2.05) is 11.5 Å². The molecule has 50 valence electrons. The third-order valence-electron chi connectivity index (χ3n) is 1.48. The maximum Gasteiger partial charge on any atom is 0.277 e. The molecule has 0 unspecified atom stereocenters. The minimum atomic E-state index is -0.0949. The molecule has 1 amide bonds. The summed E-state index contributed by atoms with van der Waals surface area (Å²) in [7, 11) is 0. The lowest BCUT2D eigenvalue weighted by Crippen LogP contribution is -2.04. The number of aliphatic imine (C=N–C) groups is 1. The first-order valence-corrected chi connectivity index (χ1v) is 4.02. The van der Waals surface area contributed by atoms with E-state index in [4.69, 9.17) is 0 Å². The summed E-state index contributed by atoms with van der Waals surface area (Å²) in [5.74, 6) is 0.829. The van der Waals surface area contributed by atoms with Gasteiger partial charge in [0.05, 0.1) is 5.57 Å². The Hall–Kier alpha value is -0.830. The lowest BCUT2D eigenvalue weighted by atomic mass is 10.1. The van der Waals surface area contributed by atoms with E-state index in [2.05, 4.69) is 4.99 Å². The van der Waals surface area contributed by atoms with Crippen molar-refractivity contribution in [3.8, 4) is 0 Å².